The van der Waals surface area contributed by atoms with Crippen LogP contribution in [0.1, 0.15) is 11.7 Å². The van der Waals surface area contributed by atoms with Crippen molar-refractivity contribution in [3.63, 3.8) is 0 Å². The number of hydrogen-bond acceptors (Lipinski definition) is 6. The number of fused-ring (bicyclic) bond motifs is 1. The minimum Gasteiger partial charge on any atom is -0.389 e. The fourth-order valence-corrected chi connectivity index (χ4v) is 1.90. The summed E-state index contributed by atoms with van der Waals surface area (Å²) < 4.78 is 0. The largest absolute Gasteiger partial charge is 0.389 e. The van der Waals surface area contributed by atoms with Crippen LogP contribution in [0.4, 0.5) is 5.69 Å². The van der Waals surface area contributed by atoms with E-state index in [-0.39, 0.29) is 17.5 Å². The number of nitrogens with zero attached hydrogens (tertiary/aromatic N) is 1. The lowest BCUT2D eigenvalue weighted by atomic mass is 10.0. The van der Waals surface area contributed by atoms with Crippen molar-refractivity contribution in [1.29, 1.82) is 0 Å². The third-order valence-electron chi connectivity index (χ3n) is 3.03. The molecule has 0 spiro atoms. The van der Waals surface area contributed by atoms with E-state index < -0.39 is 28.2 Å². The van der Waals surface area contributed by atoms with Crippen molar-refractivity contribution < 1.29 is 15.1 Å². The normalized spacial score (nSPS) is 14.2. The fraction of sp³-hybridized carbons (Fsp3) is 0.250. The van der Waals surface area contributed by atoms with Crippen LogP contribution >= 0.6 is 0 Å². The molecule has 2 aromatic rings. The van der Waals surface area contributed by atoms with E-state index in [1.165, 1.54) is 18.2 Å². The van der Waals surface area contributed by atoms with Crippen LogP contribution in [0.5, 0.6) is 0 Å². The standard InChI is InChI=1S/C12H13N3O5/c13-4-10(16)11(17)6-1-2-8-7(3-6)12(18)9(5-14-8)15(19)20/h1-3,5,10-11,16-17H,4,13H2,(H,14,18). The summed E-state index contributed by atoms with van der Waals surface area (Å²) in [7, 11) is 0. The Kier molecular flexibility index (Phi) is 3.79. The number of aromatic amines is 1. The second kappa shape index (κ2) is 5.37. The molecule has 2 rings (SSSR count). The lowest BCUT2D eigenvalue weighted by Gasteiger charge is -2.16. The van der Waals surface area contributed by atoms with Crippen LogP contribution in [-0.4, -0.2) is 32.8 Å². The summed E-state index contributed by atoms with van der Waals surface area (Å²) in [4.78, 5) is 24.5. The van der Waals surface area contributed by atoms with Crippen molar-refractivity contribution in [3.8, 4) is 0 Å². The molecule has 0 radical (unpaired) electrons. The average Bonchev–Trinajstić information content (AvgIpc) is 2.45. The number of nitrogens with two attached hydrogens (primary N) is 1. The van der Waals surface area contributed by atoms with Crippen molar-refractivity contribution in [3.05, 3.63) is 50.3 Å². The second-order valence-electron chi connectivity index (χ2n) is 4.31. The monoisotopic (exact) mass is 279 g/mol. The summed E-state index contributed by atoms with van der Waals surface area (Å²) in [5.74, 6) is 0. The molecule has 2 unspecified atom stereocenters. The summed E-state index contributed by atoms with van der Waals surface area (Å²) in [5.41, 5.74) is 4.59. The van der Waals surface area contributed by atoms with Gasteiger partial charge in [0.2, 0.25) is 0 Å². The van der Waals surface area contributed by atoms with E-state index in [0.717, 1.165) is 6.20 Å². The first-order valence-electron chi connectivity index (χ1n) is 5.81. The van der Waals surface area contributed by atoms with E-state index >= 15 is 0 Å². The fourth-order valence-electron chi connectivity index (χ4n) is 1.90. The van der Waals surface area contributed by atoms with Crippen molar-refractivity contribution >= 4 is 16.6 Å². The van der Waals surface area contributed by atoms with Gasteiger partial charge in [0.05, 0.1) is 22.6 Å². The van der Waals surface area contributed by atoms with Crippen LogP contribution in [0.2, 0.25) is 0 Å². The summed E-state index contributed by atoms with van der Waals surface area (Å²) in [5, 5.41) is 30.1. The molecule has 0 aliphatic carbocycles. The third kappa shape index (κ3) is 2.39. The molecular weight excluding hydrogens is 266 g/mol. The maximum atomic E-state index is 12.0. The van der Waals surface area contributed by atoms with E-state index in [4.69, 9.17) is 5.73 Å². The topological polar surface area (TPSA) is 142 Å². The van der Waals surface area contributed by atoms with E-state index in [1.54, 1.807) is 0 Å². The van der Waals surface area contributed by atoms with Gasteiger partial charge in [-0.25, -0.2) is 0 Å². The Bertz CT molecular complexity index is 712. The highest BCUT2D eigenvalue weighted by Gasteiger charge is 2.19. The van der Waals surface area contributed by atoms with Gasteiger partial charge in [-0.3, -0.25) is 14.9 Å². The lowest BCUT2D eigenvalue weighted by Crippen LogP contribution is -2.27. The molecule has 8 heteroatoms. The van der Waals surface area contributed by atoms with E-state index in [1.807, 2.05) is 0 Å². The van der Waals surface area contributed by atoms with Gasteiger partial charge in [-0.05, 0) is 17.7 Å². The van der Waals surface area contributed by atoms with Gasteiger partial charge < -0.3 is 20.9 Å². The molecule has 0 aliphatic rings. The molecule has 2 atom stereocenters. The molecule has 5 N–H and O–H groups in total. The summed E-state index contributed by atoms with van der Waals surface area (Å²) in [6, 6.07) is 4.32. The zero-order valence-corrected chi connectivity index (χ0v) is 10.3. The molecule has 20 heavy (non-hydrogen) atoms. The highest BCUT2D eigenvalue weighted by Crippen LogP contribution is 2.21. The van der Waals surface area contributed by atoms with Gasteiger partial charge in [0.25, 0.3) is 5.43 Å². The van der Waals surface area contributed by atoms with Gasteiger partial charge >= 0.3 is 5.69 Å². The van der Waals surface area contributed by atoms with E-state index in [2.05, 4.69) is 4.98 Å². The molecule has 0 bridgehead atoms. The minimum atomic E-state index is -1.26. The Hall–Kier alpha value is -2.29. The SMILES string of the molecule is NCC(O)C(O)c1ccc2[nH]cc([N+](=O)[O-])c(=O)c2c1. The first kappa shape index (κ1) is 14.1. The first-order chi connectivity index (χ1) is 9.45. The Morgan fingerprint density at radius 1 is 1.40 bits per heavy atom. The predicted octanol–water partition coefficient (Wildman–Crippen LogP) is -0.211. The van der Waals surface area contributed by atoms with Gasteiger partial charge in [-0.1, -0.05) is 6.07 Å². The summed E-state index contributed by atoms with van der Waals surface area (Å²) >= 11 is 0. The molecule has 0 fully saturated rings. The molecule has 0 saturated heterocycles. The minimum absolute atomic E-state index is 0.0694. The van der Waals surface area contributed by atoms with Gasteiger partial charge in [0.1, 0.15) is 6.10 Å². The molecular formula is C12H13N3O5. The number of aliphatic hydroxyl groups excluding tert-OH is 2. The number of aromatic nitrogens is 1. The van der Waals surface area contributed by atoms with E-state index in [0.29, 0.717) is 5.52 Å². The summed E-state index contributed by atoms with van der Waals surface area (Å²) in [6.45, 7) is -0.148. The number of hydrogen-bond donors (Lipinski definition) is 4. The van der Waals surface area contributed by atoms with Crippen LogP contribution in [0.15, 0.2) is 29.2 Å². The highest BCUT2D eigenvalue weighted by atomic mass is 16.6. The Morgan fingerprint density at radius 2 is 2.10 bits per heavy atom. The molecule has 0 aliphatic heterocycles. The number of nitro groups is 1. The number of benzene rings is 1. The third-order valence-corrected chi connectivity index (χ3v) is 3.03. The van der Waals surface area contributed by atoms with Crippen molar-refractivity contribution in [2.45, 2.75) is 12.2 Å². The van der Waals surface area contributed by atoms with Gasteiger partial charge in [0, 0.05) is 12.1 Å². The van der Waals surface area contributed by atoms with Crippen molar-refractivity contribution in [2.75, 3.05) is 6.54 Å². The van der Waals surface area contributed by atoms with Gasteiger partial charge in [-0.2, -0.15) is 0 Å². The Balaban J connectivity index is 2.60. The van der Waals surface area contributed by atoms with Crippen LogP contribution in [0, 0.1) is 10.1 Å². The molecule has 0 amide bonds. The van der Waals surface area contributed by atoms with Crippen LogP contribution in [0.3, 0.4) is 0 Å². The zero-order valence-electron chi connectivity index (χ0n) is 10.3. The lowest BCUT2D eigenvalue weighted by molar-refractivity contribution is -0.386. The number of nitrogens with one attached hydrogen (secondary N) is 1. The number of rotatable bonds is 4. The summed E-state index contributed by atoms with van der Waals surface area (Å²) in [6.07, 6.45) is -1.41. The Labute approximate surface area is 112 Å². The predicted molar refractivity (Wildman–Crippen MR) is 71.2 cm³/mol. The molecule has 1 aromatic carbocycles. The highest BCUT2D eigenvalue weighted by molar-refractivity contribution is 5.81. The average molecular weight is 279 g/mol. The number of aliphatic hydroxyl groups is 2. The number of H-pyrrole nitrogens is 1. The second-order valence-corrected chi connectivity index (χ2v) is 4.31. The van der Waals surface area contributed by atoms with Crippen molar-refractivity contribution in [1.82, 2.24) is 4.98 Å². The van der Waals surface area contributed by atoms with Gasteiger partial charge in [-0.15, -0.1) is 0 Å². The maximum Gasteiger partial charge on any atom is 0.332 e. The van der Waals surface area contributed by atoms with Gasteiger partial charge in [0.15, 0.2) is 0 Å². The van der Waals surface area contributed by atoms with Crippen LogP contribution in [0.25, 0.3) is 10.9 Å². The van der Waals surface area contributed by atoms with E-state index in [9.17, 15) is 25.1 Å². The molecule has 8 nitrogen and oxygen atoms in total. The number of pyridine rings is 1. The molecule has 1 aromatic heterocycles. The van der Waals surface area contributed by atoms with Crippen molar-refractivity contribution in [2.24, 2.45) is 5.73 Å². The quantitative estimate of drug-likeness (QED) is 0.450. The Morgan fingerprint density at radius 3 is 2.70 bits per heavy atom. The maximum absolute atomic E-state index is 12.0. The molecule has 0 saturated carbocycles. The zero-order chi connectivity index (χ0) is 14.9. The van der Waals surface area contributed by atoms with Crippen LogP contribution < -0.4 is 11.2 Å². The van der Waals surface area contributed by atoms with Crippen LogP contribution in [-0.2, 0) is 0 Å². The first-order valence-corrected chi connectivity index (χ1v) is 5.81. The molecule has 1 heterocycles. The smallest absolute Gasteiger partial charge is 0.332 e. The molecule has 106 valence electrons.